The number of imidazole rings is 1. The Balaban J connectivity index is 1.48. The van der Waals surface area contributed by atoms with Crippen LogP contribution in [0.15, 0.2) is 75.4 Å². The summed E-state index contributed by atoms with van der Waals surface area (Å²) in [5.74, 6) is -0.526. The summed E-state index contributed by atoms with van der Waals surface area (Å²) in [5.41, 5.74) is -0.00502. The highest BCUT2D eigenvalue weighted by atomic mass is 19.1. The molecule has 0 aliphatic carbocycles. The van der Waals surface area contributed by atoms with Gasteiger partial charge >= 0.3 is 5.69 Å². The summed E-state index contributed by atoms with van der Waals surface area (Å²) in [4.78, 5) is 68.9. The lowest BCUT2D eigenvalue weighted by molar-refractivity contribution is 0.0985. The monoisotopic (exact) mass is 602 g/mol. The fourth-order valence-electron chi connectivity index (χ4n) is 4.82. The number of hydrogen-bond acceptors (Lipinski definition) is 8. The molecule has 0 fully saturated rings. The number of amides is 1. The third-order valence-electron chi connectivity index (χ3n) is 7.02. The third kappa shape index (κ3) is 6.24. The molecule has 228 valence electrons. The lowest BCUT2D eigenvalue weighted by Crippen LogP contribution is -2.40. The number of methoxy groups -OCH3 is 1. The fraction of sp³-hybridized carbons (Fsp3) is 0.300. The Kier molecular flexibility index (Phi) is 9.19. The van der Waals surface area contributed by atoms with Gasteiger partial charge in [0.15, 0.2) is 5.65 Å². The van der Waals surface area contributed by atoms with Gasteiger partial charge in [-0.15, -0.1) is 0 Å². The summed E-state index contributed by atoms with van der Waals surface area (Å²) in [6.45, 7) is 3.17. The van der Waals surface area contributed by atoms with Crippen molar-refractivity contribution in [1.29, 1.82) is 0 Å². The zero-order chi connectivity index (χ0) is 31.2. The number of aromatic amines is 1. The van der Waals surface area contributed by atoms with Crippen molar-refractivity contribution in [3.05, 3.63) is 104 Å². The maximum Gasteiger partial charge on any atom is 0.332 e. The molecule has 13 nitrogen and oxygen atoms in total. The number of H-pyrrole nitrogens is 1. The molecule has 0 spiro atoms. The Morgan fingerprint density at radius 1 is 1.00 bits per heavy atom. The Morgan fingerprint density at radius 3 is 2.52 bits per heavy atom. The number of halogens is 1. The normalized spacial score (nSPS) is 11.2. The number of pyridine rings is 3. The van der Waals surface area contributed by atoms with E-state index in [1.54, 1.807) is 35.0 Å². The highest BCUT2D eigenvalue weighted by Gasteiger charge is 2.21. The van der Waals surface area contributed by atoms with E-state index in [9.17, 15) is 23.6 Å². The van der Waals surface area contributed by atoms with Crippen molar-refractivity contribution in [3.8, 4) is 11.4 Å². The van der Waals surface area contributed by atoms with Crippen LogP contribution < -0.4 is 21.7 Å². The number of fused-ring (bicyclic) bond motifs is 1. The predicted octanol–water partition coefficient (Wildman–Crippen LogP) is 2.44. The number of hydrogen-bond donors (Lipinski definition) is 1. The first kappa shape index (κ1) is 30.2. The number of carbonyl (C=O) groups is 1. The van der Waals surface area contributed by atoms with Gasteiger partial charge in [-0.25, -0.2) is 19.7 Å². The number of ether oxygens (including phenoxy) is 1. The van der Waals surface area contributed by atoms with Crippen LogP contribution in [-0.4, -0.2) is 59.8 Å². The van der Waals surface area contributed by atoms with Crippen LogP contribution in [0.4, 0.5) is 10.2 Å². The van der Waals surface area contributed by atoms with Crippen LogP contribution in [-0.2, 0) is 24.4 Å². The largest absolute Gasteiger partial charge is 0.383 e. The van der Waals surface area contributed by atoms with Crippen molar-refractivity contribution in [2.75, 3.05) is 25.2 Å². The molecule has 0 radical (unpaired) electrons. The molecular weight excluding hydrogens is 571 g/mol. The van der Waals surface area contributed by atoms with Crippen LogP contribution in [0.5, 0.6) is 0 Å². The Labute approximate surface area is 250 Å². The minimum Gasteiger partial charge on any atom is -0.383 e. The van der Waals surface area contributed by atoms with Crippen LogP contribution in [0.2, 0.25) is 0 Å². The summed E-state index contributed by atoms with van der Waals surface area (Å²) in [5, 5.41) is 0. The van der Waals surface area contributed by atoms with E-state index in [4.69, 9.17) is 4.74 Å². The van der Waals surface area contributed by atoms with E-state index in [2.05, 4.69) is 19.9 Å². The average molecular weight is 603 g/mol. The molecule has 1 N–H and O–H groups in total. The van der Waals surface area contributed by atoms with Crippen molar-refractivity contribution in [3.63, 3.8) is 0 Å². The highest BCUT2D eigenvalue weighted by Crippen LogP contribution is 2.22. The highest BCUT2D eigenvalue weighted by molar-refractivity contribution is 6.05. The second kappa shape index (κ2) is 13.4. The van der Waals surface area contributed by atoms with Crippen molar-refractivity contribution >= 4 is 22.9 Å². The molecule has 44 heavy (non-hydrogen) atoms. The summed E-state index contributed by atoms with van der Waals surface area (Å²) >= 11 is 0. The minimum absolute atomic E-state index is 0.157. The molecule has 0 aromatic carbocycles. The number of nitrogens with zero attached hydrogens (tertiary/aromatic N) is 7. The standard InChI is InChI=1S/C30H31FN8O5/c1-3-12-39-29(42)25-27(38(30(39)43)16-17-44-2)35-26(34-25)20-9-11-23(33-18-20)37(28(41)21-8-10-22(31)32-19-21)15-6-14-36-13-5-4-7-24(36)40/h4-5,7-11,13,18-19H,3,6,12,14-17H2,1-2H3,(H,34,35). The van der Waals surface area contributed by atoms with E-state index < -0.39 is 23.1 Å². The minimum atomic E-state index is -0.709. The third-order valence-corrected chi connectivity index (χ3v) is 7.02. The summed E-state index contributed by atoms with van der Waals surface area (Å²) in [6, 6.07) is 10.6. The summed E-state index contributed by atoms with van der Waals surface area (Å²) in [7, 11) is 1.52. The van der Waals surface area contributed by atoms with Gasteiger partial charge in [-0.3, -0.25) is 28.4 Å². The molecule has 0 aliphatic heterocycles. The number of rotatable bonds is 12. The van der Waals surface area contributed by atoms with Gasteiger partial charge in [-0.2, -0.15) is 4.39 Å². The number of aromatic nitrogens is 7. The van der Waals surface area contributed by atoms with Gasteiger partial charge in [0.05, 0.1) is 18.7 Å². The van der Waals surface area contributed by atoms with Crippen molar-refractivity contribution < 1.29 is 13.9 Å². The van der Waals surface area contributed by atoms with Crippen LogP contribution in [0.3, 0.4) is 0 Å². The second-order valence-corrected chi connectivity index (χ2v) is 9.99. The number of nitrogens with one attached hydrogen (secondary N) is 1. The smallest absolute Gasteiger partial charge is 0.332 e. The van der Waals surface area contributed by atoms with Crippen LogP contribution >= 0.6 is 0 Å². The fourth-order valence-corrected chi connectivity index (χ4v) is 4.82. The first-order valence-electron chi connectivity index (χ1n) is 14.1. The zero-order valence-corrected chi connectivity index (χ0v) is 24.3. The second-order valence-electron chi connectivity index (χ2n) is 9.99. The van der Waals surface area contributed by atoms with E-state index in [0.29, 0.717) is 36.6 Å². The van der Waals surface area contributed by atoms with Gasteiger partial charge in [0.25, 0.3) is 11.5 Å². The molecular formula is C30H31FN8O5. The van der Waals surface area contributed by atoms with Crippen LogP contribution in [0.25, 0.3) is 22.6 Å². The van der Waals surface area contributed by atoms with E-state index in [-0.39, 0.29) is 48.5 Å². The maximum absolute atomic E-state index is 13.5. The van der Waals surface area contributed by atoms with Crippen molar-refractivity contribution in [1.82, 2.24) is 33.6 Å². The quantitative estimate of drug-likeness (QED) is 0.214. The first-order valence-corrected chi connectivity index (χ1v) is 14.1. The molecule has 0 saturated heterocycles. The number of anilines is 1. The Hall–Kier alpha value is -5.24. The Morgan fingerprint density at radius 2 is 1.84 bits per heavy atom. The van der Waals surface area contributed by atoms with E-state index >= 15 is 0 Å². The Bertz CT molecular complexity index is 1940. The molecule has 0 unspecified atom stereocenters. The molecule has 0 aliphatic rings. The molecule has 14 heteroatoms. The lowest BCUT2D eigenvalue weighted by Gasteiger charge is -2.22. The maximum atomic E-state index is 13.5. The van der Waals surface area contributed by atoms with Gasteiger partial charge in [0.1, 0.15) is 17.2 Å². The van der Waals surface area contributed by atoms with E-state index in [0.717, 1.165) is 12.3 Å². The molecule has 0 saturated carbocycles. The van der Waals surface area contributed by atoms with E-state index in [1.165, 1.54) is 39.5 Å². The first-order chi connectivity index (χ1) is 21.3. The van der Waals surface area contributed by atoms with Gasteiger partial charge in [0, 0.05) is 57.0 Å². The van der Waals surface area contributed by atoms with Gasteiger partial charge < -0.3 is 14.3 Å². The van der Waals surface area contributed by atoms with E-state index in [1.807, 2.05) is 6.92 Å². The van der Waals surface area contributed by atoms with Crippen LogP contribution in [0, 0.1) is 5.95 Å². The van der Waals surface area contributed by atoms with Crippen molar-refractivity contribution in [2.24, 2.45) is 0 Å². The van der Waals surface area contributed by atoms with Gasteiger partial charge in [-0.1, -0.05) is 13.0 Å². The average Bonchev–Trinajstić information content (AvgIpc) is 3.48. The van der Waals surface area contributed by atoms with Gasteiger partial charge in [-0.05, 0) is 43.2 Å². The number of aryl methyl sites for hydroxylation is 1. The summed E-state index contributed by atoms with van der Waals surface area (Å²) < 4.78 is 22.7. The molecule has 5 heterocycles. The predicted molar refractivity (Wildman–Crippen MR) is 161 cm³/mol. The topological polar surface area (TPSA) is 150 Å². The number of carbonyl (C=O) groups excluding carboxylic acids is 1. The summed E-state index contributed by atoms with van der Waals surface area (Å²) in [6.07, 6.45) is 5.36. The molecule has 5 aromatic rings. The lowest BCUT2D eigenvalue weighted by atomic mass is 10.2. The molecule has 0 bridgehead atoms. The van der Waals surface area contributed by atoms with Gasteiger partial charge in [0.2, 0.25) is 11.5 Å². The van der Waals surface area contributed by atoms with Crippen molar-refractivity contribution in [2.45, 2.75) is 39.4 Å². The van der Waals surface area contributed by atoms with Crippen LogP contribution in [0.1, 0.15) is 30.1 Å². The molecule has 5 aromatic heterocycles. The molecule has 5 rings (SSSR count). The molecule has 1 amide bonds. The SMILES string of the molecule is CCCn1c(=O)c2[nH]c(-c3ccc(N(CCCn4ccccc4=O)C(=O)c4ccc(F)nc4)nc3)nc2n(CCOC)c1=O. The zero-order valence-electron chi connectivity index (χ0n) is 24.3. The molecule has 0 atom stereocenters.